The van der Waals surface area contributed by atoms with Crippen molar-refractivity contribution in [1.29, 1.82) is 0 Å². The summed E-state index contributed by atoms with van der Waals surface area (Å²) in [6.07, 6.45) is 3.41. The van der Waals surface area contributed by atoms with Crippen molar-refractivity contribution in [2.45, 2.75) is 13.0 Å². The minimum absolute atomic E-state index is 0.0522. The van der Waals surface area contributed by atoms with E-state index in [2.05, 4.69) is 10.1 Å². The van der Waals surface area contributed by atoms with E-state index in [1.807, 2.05) is 0 Å². The van der Waals surface area contributed by atoms with E-state index in [0.29, 0.717) is 41.3 Å². The number of methoxy groups -OCH3 is 4. The van der Waals surface area contributed by atoms with Gasteiger partial charge in [0.2, 0.25) is 11.7 Å². The fraction of sp³-hybridized carbons (Fsp3) is 0.318. The Bertz CT molecular complexity index is 892. The highest BCUT2D eigenvalue weighted by atomic mass is 19.3. The average molecular weight is 437 g/mol. The number of nitrogens with one attached hydrogen (secondary N) is 1. The number of halogens is 2. The molecule has 7 nitrogen and oxygen atoms in total. The zero-order valence-electron chi connectivity index (χ0n) is 17.7. The normalized spacial score (nSPS) is 10.8. The van der Waals surface area contributed by atoms with Crippen molar-refractivity contribution in [2.24, 2.45) is 0 Å². The van der Waals surface area contributed by atoms with E-state index in [1.54, 1.807) is 30.3 Å². The molecule has 1 N–H and O–H groups in total. The number of hydrogen-bond acceptors (Lipinski definition) is 6. The molecule has 0 aliphatic carbocycles. The summed E-state index contributed by atoms with van der Waals surface area (Å²) >= 11 is 0. The summed E-state index contributed by atoms with van der Waals surface area (Å²) < 4.78 is 50.3. The molecule has 168 valence electrons. The molecule has 0 spiro atoms. The fourth-order valence-corrected chi connectivity index (χ4v) is 2.82. The van der Waals surface area contributed by atoms with Crippen LogP contribution in [0.25, 0.3) is 6.08 Å². The van der Waals surface area contributed by atoms with Crippen molar-refractivity contribution in [3.05, 3.63) is 47.5 Å². The van der Waals surface area contributed by atoms with Crippen LogP contribution in [-0.4, -0.2) is 47.5 Å². The maximum absolute atomic E-state index is 12.5. The molecule has 31 heavy (non-hydrogen) atoms. The number of carbonyl (C=O) groups is 1. The lowest BCUT2D eigenvalue weighted by Crippen LogP contribution is -2.23. The van der Waals surface area contributed by atoms with Crippen LogP contribution in [0.5, 0.6) is 28.7 Å². The van der Waals surface area contributed by atoms with Crippen LogP contribution in [0.4, 0.5) is 8.78 Å². The van der Waals surface area contributed by atoms with Gasteiger partial charge in [-0.15, -0.1) is 0 Å². The monoisotopic (exact) mass is 437 g/mol. The number of rotatable bonds is 11. The van der Waals surface area contributed by atoms with Gasteiger partial charge in [0.25, 0.3) is 0 Å². The van der Waals surface area contributed by atoms with E-state index in [0.717, 1.165) is 0 Å². The molecule has 2 aromatic rings. The summed E-state index contributed by atoms with van der Waals surface area (Å²) in [7, 11) is 5.89. The molecule has 0 unspecified atom stereocenters. The van der Waals surface area contributed by atoms with Gasteiger partial charge in [0.15, 0.2) is 23.0 Å². The Balaban J connectivity index is 1.97. The largest absolute Gasteiger partial charge is 0.493 e. The summed E-state index contributed by atoms with van der Waals surface area (Å²) in [6.45, 7) is -2.65. The maximum Gasteiger partial charge on any atom is 0.387 e. The Morgan fingerprint density at radius 3 is 2.13 bits per heavy atom. The topological polar surface area (TPSA) is 75.3 Å². The molecule has 2 rings (SSSR count). The molecular formula is C22H25F2NO6. The molecule has 0 aliphatic rings. The minimum Gasteiger partial charge on any atom is -0.493 e. The number of amides is 1. The van der Waals surface area contributed by atoms with E-state index in [4.69, 9.17) is 18.9 Å². The van der Waals surface area contributed by atoms with Gasteiger partial charge in [-0.2, -0.15) is 8.78 Å². The molecule has 0 bridgehead atoms. The molecule has 0 aromatic heterocycles. The third-order valence-corrected chi connectivity index (χ3v) is 4.27. The van der Waals surface area contributed by atoms with Crippen molar-refractivity contribution in [3.8, 4) is 28.7 Å². The van der Waals surface area contributed by atoms with Gasteiger partial charge >= 0.3 is 6.61 Å². The van der Waals surface area contributed by atoms with Crippen LogP contribution >= 0.6 is 0 Å². The van der Waals surface area contributed by atoms with Crippen molar-refractivity contribution in [3.63, 3.8) is 0 Å². The van der Waals surface area contributed by atoms with Crippen molar-refractivity contribution >= 4 is 12.0 Å². The molecule has 1 amide bonds. The Labute approximate surface area is 179 Å². The van der Waals surface area contributed by atoms with E-state index in [1.165, 1.54) is 40.6 Å². The van der Waals surface area contributed by atoms with Gasteiger partial charge in [-0.3, -0.25) is 4.79 Å². The predicted molar refractivity (Wildman–Crippen MR) is 111 cm³/mol. The molecule has 0 atom stereocenters. The first-order valence-corrected chi connectivity index (χ1v) is 9.29. The number of carbonyl (C=O) groups excluding carboxylic acids is 1. The van der Waals surface area contributed by atoms with Gasteiger partial charge in [-0.05, 0) is 47.9 Å². The van der Waals surface area contributed by atoms with Crippen LogP contribution in [0.15, 0.2) is 36.4 Å². The summed E-state index contributed by atoms with van der Waals surface area (Å²) in [5.41, 5.74) is 1.40. The number of benzene rings is 2. The summed E-state index contributed by atoms with van der Waals surface area (Å²) in [4.78, 5) is 12.1. The standard InChI is InChI=1S/C22H25F2NO6/c1-27-16-7-5-14(11-17(16)31-22(23)24)9-10-25-20(26)8-6-15-12-18(28-2)21(30-4)19(13-15)29-3/h5-8,11-13,22H,9-10H2,1-4H3,(H,25,26)/b8-6+. The van der Waals surface area contributed by atoms with Crippen molar-refractivity contribution in [1.82, 2.24) is 5.32 Å². The zero-order valence-corrected chi connectivity index (χ0v) is 17.7. The van der Waals surface area contributed by atoms with Crippen LogP contribution in [0.3, 0.4) is 0 Å². The second-order valence-electron chi connectivity index (χ2n) is 6.20. The summed E-state index contributed by atoms with van der Waals surface area (Å²) in [6, 6.07) is 8.15. The summed E-state index contributed by atoms with van der Waals surface area (Å²) in [5.74, 6) is 1.25. The number of ether oxygens (including phenoxy) is 5. The van der Waals surface area contributed by atoms with E-state index >= 15 is 0 Å². The third kappa shape index (κ3) is 6.77. The Morgan fingerprint density at radius 1 is 0.935 bits per heavy atom. The van der Waals surface area contributed by atoms with Crippen LogP contribution in [0, 0.1) is 0 Å². The van der Waals surface area contributed by atoms with Gasteiger partial charge in [0, 0.05) is 12.6 Å². The summed E-state index contributed by atoms with van der Waals surface area (Å²) in [5, 5.41) is 2.74. The molecule has 9 heteroatoms. The van der Waals surface area contributed by atoms with Gasteiger partial charge < -0.3 is 29.0 Å². The SMILES string of the molecule is COc1ccc(CCNC(=O)/C=C/c2cc(OC)c(OC)c(OC)c2)cc1OC(F)F. The second kappa shape index (κ2) is 11.6. The molecule has 0 fully saturated rings. The van der Waals surface area contributed by atoms with Gasteiger partial charge in [0.05, 0.1) is 28.4 Å². The first-order valence-electron chi connectivity index (χ1n) is 9.29. The minimum atomic E-state index is -2.95. The predicted octanol–water partition coefficient (Wildman–Crippen LogP) is 3.69. The number of hydrogen-bond donors (Lipinski definition) is 1. The Kier molecular flexibility index (Phi) is 8.93. The van der Waals surface area contributed by atoms with Gasteiger partial charge in [-0.1, -0.05) is 6.07 Å². The van der Waals surface area contributed by atoms with E-state index < -0.39 is 6.61 Å². The second-order valence-corrected chi connectivity index (χ2v) is 6.20. The molecule has 0 aliphatic heterocycles. The van der Waals surface area contributed by atoms with Crippen LogP contribution in [0.1, 0.15) is 11.1 Å². The lowest BCUT2D eigenvalue weighted by atomic mass is 10.1. The Hall–Kier alpha value is -3.49. The average Bonchev–Trinajstić information content (AvgIpc) is 2.76. The van der Waals surface area contributed by atoms with Crippen LogP contribution in [-0.2, 0) is 11.2 Å². The van der Waals surface area contributed by atoms with Crippen molar-refractivity contribution in [2.75, 3.05) is 35.0 Å². The van der Waals surface area contributed by atoms with Crippen LogP contribution in [0.2, 0.25) is 0 Å². The highest BCUT2D eigenvalue weighted by Crippen LogP contribution is 2.38. The molecular weight excluding hydrogens is 412 g/mol. The van der Waals surface area contributed by atoms with Crippen LogP contribution < -0.4 is 29.0 Å². The third-order valence-electron chi connectivity index (χ3n) is 4.27. The Morgan fingerprint density at radius 2 is 1.58 bits per heavy atom. The molecule has 0 heterocycles. The first-order chi connectivity index (χ1) is 14.9. The van der Waals surface area contributed by atoms with Gasteiger partial charge in [-0.25, -0.2) is 0 Å². The maximum atomic E-state index is 12.5. The zero-order chi connectivity index (χ0) is 22.8. The molecule has 0 radical (unpaired) electrons. The smallest absolute Gasteiger partial charge is 0.387 e. The van der Waals surface area contributed by atoms with E-state index in [-0.39, 0.29) is 17.4 Å². The molecule has 0 saturated carbocycles. The first kappa shape index (κ1) is 23.8. The number of alkyl halides is 2. The van der Waals surface area contributed by atoms with Gasteiger partial charge in [0.1, 0.15) is 0 Å². The highest BCUT2D eigenvalue weighted by molar-refractivity contribution is 5.91. The van der Waals surface area contributed by atoms with Crippen molar-refractivity contribution < 1.29 is 37.3 Å². The fourth-order valence-electron chi connectivity index (χ4n) is 2.82. The quantitative estimate of drug-likeness (QED) is 0.541. The highest BCUT2D eigenvalue weighted by Gasteiger charge is 2.13. The van der Waals surface area contributed by atoms with E-state index in [9.17, 15) is 13.6 Å². The molecule has 2 aromatic carbocycles. The lowest BCUT2D eigenvalue weighted by molar-refractivity contribution is -0.116. The molecule has 0 saturated heterocycles. The lowest BCUT2D eigenvalue weighted by Gasteiger charge is -2.12.